The lowest BCUT2D eigenvalue weighted by Gasteiger charge is -2.11. The van der Waals surface area contributed by atoms with Gasteiger partial charge in [-0.05, 0) is 42.8 Å². The molecule has 0 aliphatic heterocycles. The Morgan fingerprint density at radius 2 is 1.80 bits per heavy atom. The molecule has 3 rings (SSSR count). The highest BCUT2D eigenvalue weighted by Crippen LogP contribution is 2.26. The number of aromatic nitrogens is 3. The number of nitrogens with one attached hydrogen (secondary N) is 1. The Morgan fingerprint density at radius 3 is 2.43 bits per heavy atom. The Labute approximate surface area is 179 Å². The van der Waals surface area contributed by atoms with Gasteiger partial charge in [0, 0.05) is 17.8 Å². The van der Waals surface area contributed by atoms with Gasteiger partial charge in [-0.2, -0.15) is 0 Å². The van der Waals surface area contributed by atoms with Gasteiger partial charge in [0.2, 0.25) is 5.91 Å². The molecule has 0 bridgehead atoms. The minimum Gasteiger partial charge on any atom is -0.369 e. The van der Waals surface area contributed by atoms with Crippen LogP contribution in [0.2, 0.25) is 0 Å². The molecule has 0 atom stereocenters. The Morgan fingerprint density at radius 1 is 1.10 bits per heavy atom. The summed E-state index contributed by atoms with van der Waals surface area (Å²) in [5, 5.41) is 9.10. The number of rotatable bonds is 10. The summed E-state index contributed by atoms with van der Waals surface area (Å²) in [6.07, 6.45) is 1.93. The lowest BCUT2D eigenvalue weighted by Crippen LogP contribution is -2.14. The molecule has 0 unspecified atom stereocenters. The number of nitrogens with two attached hydrogens (primary N) is 1. The van der Waals surface area contributed by atoms with Crippen molar-refractivity contribution >= 4 is 33.4 Å². The van der Waals surface area contributed by atoms with Crippen molar-refractivity contribution in [3.63, 3.8) is 0 Å². The van der Waals surface area contributed by atoms with Crippen molar-refractivity contribution in [3.05, 3.63) is 54.6 Å². The third-order valence-electron chi connectivity index (χ3n) is 4.24. The number of sulfonamides is 1. The average Bonchev–Trinajstić information content (AvgIpc) is 3.14. The molecule has 1 aromatic heterocycles. The summed E-state index contributed by atoms with van der Waals surface area (Å²) in [5.41, 5.74) is 6.49. The molecule has 1 heterocycles. The first-order chi connectivity index (χ1) is 14.4. The number of benzene rings is 2. The van der Waals surface area contributed by atoms with Crippen LogP contribution in [0.25, 0.3) is 11.4 Å². The van der Waals surface area contributed by atoms with Crippen molar-refractivity contribution in [2.45, 2.75) is 36.4 Å². The second-order valence-corrected chi connectivity index (χ2v) is 9.19. The zero-order valence-electron chi connectivity index (χ0n) is 16.5. The minimum atomic E-state index is -3.65. The van der Waals surface area contributed by atoms with E-state index in [1.54, 1.807) is 42.5 Å². The molecule has 10 heteroatoms. The summed E-state index contributed by atoms with van der Waals surface area (Å²) in [4.78, 5) is 11.3. The number of carbonyl (C=O) groups excluding carboxylic acids is 1. The summed E-state index contributed by atoms with van der Waals surface area (Å²) in [7, 11) is -3.65. The standard InChI is InChI=1S/C20H23N5O3S2/c1-2-3-13-25-19(22-23-20(25)29-14-18(21)26)15-9-11-16(12-10-15)24-30(27,28)17-7-5-4-6-8-17/h4-12,24H,2-3,13-14H2,1H3,(H2,21,26). The molecule has 0 aliphatic carbocycles. The van der Waals surface area contributed by atoms with Crippen LogP contribution in [0.3, 0.4) is 0 Å². The number of thioether (sulfide) groups is 1. The maximum absolute atomic E-state index is 12.5. The van der Waals surface area contributed by atoms with Gasteiger partial charge in [0.25, 0.3) is 10.0 Å². The van der Waals surface area contributed by atoms with E-state index in [0.29, 0.717) is 23.2 Å². The first-order valence-corrected chi connectivity index (χ1v) is 11.9. The largest absolute Gasteiger partial charge is 0.369 e. The number of hydrogen-bond donors (Lipinski definition) is 2. The van der Waals surface area contributed by atoms with E-state index < -0.39 is 15.9 Å². The van der Waals surface area contributed by atoms with Crippen LogP contribution >= 0.6 is 11.8 Å². The molecule has 8 nitrogen and oxygen atoms in total. The Balaban J connectivity index is 1.82. The molecule has 0 aliphatic rings. The molecule has 30 heavy (non-hydrogen) atoms. The van der Waals surface area contributed by atoms with E-state index in [1.807, 2.05) is 4.57 Å². The summed E-state index contributed by atoms with van der Waals surface area (Å²) in [6.45, 7) is 2.80. The van der Waals surface area contributed by atoms with Crippen molar-refractivity contribution in [1.82, 2.24) is 14.8 Å². The van der Waals surface area contributed by atoms with Crippen molar-refractivity contribution in [2.75, 3.05) is 10.5 Å². The molecule has 3 N–H and O–H groups in total. The summed E-state index contributed by atoms with van der Waals surface area (Å²) >= 11 is 1.25. The van der Waals surface area contributed by atoms with Crippen molar-refractivity contribution in [2.24, 2.45) is 5.73 Å². The van der Waals surface area contributed by atoms with E-state index in [9.17, 15) is 13.2 Å². The maximum Gasteiger partial charge on any atom is 0.261 e. The SMILES string of the molecule is CCCCn1c(SCC(N)=O)nnc1-c1ccc(NS(=O)(=O)c2ccccc2)cc1. The number of amides is 1. The molecule has 0 radical (unpaired) electrons. The quantitative estimate of drug-likeness (QED) is 0.463. The van der Waals surface area contributed by atoms with E-state index in [-0.39, 0.29) is 10.6 Å². The fourth-order valence-corrected chi connectivity index (χ4v) is 4.55. The normalized spacial score (nSPS) is 11.4. The predicted molar refractivity (Wildman–Crippen MR) is 118 cm³/mol. The number of carbonyl (C=O) groups is 1. The summed E-state index contributed by atoms with van der Waals surface area (Å²) < 4.78 is 29.5. The number of anilines is 1. The molecule has 0 spiro atoms. The fourth-order valence-electron chi connectivity index (χ4n) is 2.76. The Bertz CT molecular complexity index is 1100. The molecule has 3 aromatic rings. The Hall–Kier alpha value is -2.85. The highest BCUT2D eigenvalue weighted by molar-refractivity contribution is 7.99. The monoisotopic (exact) mass is 445 g/mol. The van der Waals surface area contributed by atoms with Crippen LogP contribution in [0, 0.1) is 0 Å². The van der Waals surface area contributed by atoms with E-state index in [4.69, 9.17) is 5.73 Å². The van der Waals surface area contributed by atoms with Crippen molar-refractivity contribution in [3.8, 4) is 11.4 Å². The maximum atomic E-state index is 12.5. The zero-order chi connectivity index (χ0) is 21.6. The first-order valence-electron chi connectivity index (χ1n) is 9.43. The van der Waals surface area contributed by atoms with Crippen LogP contribution in [0.15, 0.2) is 64.6 Å². The van der Waals surface area contributed by atoms with Gasteiger partial charge in [-0.3, -0.25) is 9.52 Å². The molecule has 158 valence electrons. The topological polar surface area (TPSA) is 120 Å². The number of hydrogen-bond acceptors (Lipinski definition) is 6. The van der Waals surface area contributed by atoms with Crippen LogP contribution in [0.5, 0.6) is 0 Å². The molecular formula is C20H23N5O3S2. The van der Waals surface area contributed by atoms with E-state index in [0.717, 1.165) is 18.4 Å². The van der Waals surface area contributed by atoms with Gasteiger partial charge in [0.1, 0.15) is 0 Å². The van der Waals surface area contributed by atoms with Gasteiger partial charge >= 0.3 is 0 Å². The zero-order valence-corrected chi connectivity index (χ0v) is 18.1. The van der Waals surface area contributed by atoms with Crippen molar-refractivity contribution < 1.29 is 13.2 Å². The second kappa shape index (κ2) is 9.77. The van der Waals surface area contributed by atoms with Gasteiger partial charge < -0.3 is 10.3 Å². The molecule has 0 saturated carbocycles. The van der Waals surface area contributed by atoms with Gasteiger partial charge in [-0.25, -0.2) is 8.42 Å². The Kier molecular flexibility index (Phi) is 7.11. The highest BCUT2D eigenvalue weighted by Gasteiger charge is 2.16. The number of primary amides is 1. The first kappa shape index (κ1) is 21.8. The average molecular weight is 446 g/mol. The molecule has 0 fully saturated rings. The van der Waals surface area contributed by atoms with E-state index >= 15 is 0 Å². The fraction of sp³-hybridized carbons (Fsp3) is 0.250. The molecule has 2 aromatic carbocycles. The number of nitrogens with zero attached hydrogens (tertiary/aromatic N) is 3. The third kappa shape index (κ3) is 5.39. The van der Waals surface area contributed by atoms with Crippen molar-refractivity contribution in [1.29, 1.82) is 0 Å². The van der Waals surface area contributed by atoms with Crippen LogP contribution in [-0.4, -0.2) is 34.8 Å². The molecule has 1 amide bonds. The van der Waals surface area contributed by atoms with Crippen LogP contribution in [0.4, 0.5) is 5.69 Å². The minimum absolute atomic E-state index is 0.129. The van der Waals surface area contributed by atoms with Gasteiger partial charge in [0.05, 0.1) is 10.6 Å². The highest BCUT2D eigenvalue weighted by atomic mass is 32.2. The summed E-state index contributed by atoms with van der Waals surface area (Å²) in [5.74, 6) is 0.374. The lowest BCUT2D eigenvalue weighted by atomic mass is 10.2. The predicted octanol–water partition coefficient (Wildman–Crippen LogP) is 3.12. The lowest BCUT2D eigenvalue weighted by molar-refractivity contribution is -0.115. The number of unbranched alkanes of at least 4 members (excludes halogenated alkanes) is 1. The van der Waals surface area contributed by atoms with Crippen LogP contribution in [0.1, 0.15) is 19.8 Å². The van der Waals surface area contributed by atoms with Crippen LogP contribution < -0.4 is 10.5 Å². The second-order valence-electron chi connectivity index (χ2n) is 6.56. The van der Waals surface area contributed by atoms with E-state index in [2.05, 4.69) is 21.8 Å². The summed E-state index contributed by atoms with van der Waals surface area (Å²) in [6, 6.07) is 15.1. The smallest absolute Gasteiger partial charge is 0.261 e. The molecular weight excluding hydrogens is 422 g/mol. The van der Waals surface area contributed by atoms with E-state index in [1.165, 1.54) is 23.9 Å². The third-order valence-corrected chi connectivity index (χ3v) is 6.63. The molecule has 0 saturated heterocycles. The van der Waals surface area contributed by atoms with Gasteiger partial charge in [-0.1, -0.05) is 43.3 Å². The van der Waals surface area contributed by atoms with Gasteiger partial charge in [-0.15, -0.1) is 10.2 Å². The van der Waals surface area contributed by atoms with Crippen LogP contribution in [-0.2, 0) is 21.4 Å². The van der Waals surface area contributed by atoms with Gasteiger partial charge in [0.15, 0.2) is 11.0 Å².